The van der Waals surface area contributed by atoms with Crippen LogP contribution in [-0.2, 0) is 4.74 Å². The summed E-state index contributed by atoms with van der Waals surface area (Å²) in [7, 11) is 0. The highest BCUT2D eigenvalue weighted by Crippen LogP contribution is 2.55. The Balaban J connectivity index is 1.09. The van der Waals surface area contributed by atoms with Gasteiger partial charge in [-0.1, -0.05) is 77.0 Å². The van der Waals surface area contributed by atoms with Crippen LogP contribution in [0.4, 0.5) is 0 Å². The molecule has 6 saturated carbocycles. The SMILES string of the molecule is C1CCC(C2CCC3C(OC4CCCC5C(C6CCCCC6)CCC45)CCCC23)CC1. The zero-order chi connectivity index (χ0) is 20.6. The molecule has 1 nitrogen and oxygen atoms in total. The average Bonchev–Trinajstić information content (AvgIpc) is 3.46. The van der Waals surface area contributed by atoms with Crippen LogP contribution in [0.5, 0.6) is 0 Å². The van der Waals surface area contributed by atoms with Crippen molar-refractivity contribution in [1.82, 2.24) is 0 Å². The fourth-order valence-electron chi connectivity index (χ4n) is 10.4. The molecule has 0 spiro atoms. The van der Waals surface area contributed by atoms with Crippen LogP contribution < -0.4 is 0 Å². The fraction of sp³-hybridized carbons (Fsp3) is 1.00. The number of fused-ring (bicyclic) bond motifs is 2. The third-order valence-corrected chi connectivity index (χ3v) is 11.7. The van der Waals surface area contributed by atoms with Crippen molar-refractivity contribution in [3.63, 3.8) is 0 Å². The molecular weight excluding hydrogens is 376 g/mol. The van der Waals surface area contributed by atoms with Gasteiger partial charge in [0, 0.05) is 0 Å². The Labute approximate surface area is 192 Å². The second-order valence-corrected chi connectivity index (χ2v) is 13.0. The zero-order valence-electron chi connectivity index (χ0n) is 20.3. The molecule has 0 aliphatic heterocycles. The summed E-state index contributed by atoms with van der Waals surface area (Å²) in [4.78, 5) is 0. The molecule has 6 aliphatic rings. The lowest BCUT2D eigenvalue weighted by molar-refractivity contribution is -0.116. The fourth-order valence-corrected chi connectivity index (χ4v) is 10.4. The van der Waals surface area contributed by atoms with E-state index in [1.807, 2.05) is 0 Å². The van der Waals surface area contributed by atoms with Crippen molar-refractivity contribution in [2.75, 3.05) is 0 Å². The summed E-state index contributed by atoms with van der Waals surface area (Å²) in [6.45, 7) is 0. The normalized spacial score (nSPS) is 47.2. The standard InChI is InChI=1S/C30H50O/c1-3-9-21(10-4-1)23-17-19-27-25(23)13-7-15-29(27)31-30-16-8-14-26-24(18-20-28(26)30)22-11-5-2-6-12-22/h21-30H,1-20H2. The van der Waals surface area contributed by atoms with E-state index < -0.39 is 0 Å². The summed E-state index contributed by atoms with van der Waals surface area (Å²) in [5, 5.41) is 0. The van der Waals surface area contributed by atoms with E-state index in [1.165, 1.54) is 89.9 Å². The third-order valence-electron chi connectivity index (χ3n) is 11.7. The molecule has 0 amide bonds. The summed E-state index contributed by atoms with van der Waals surface area (Å²) in [6.07, 6.45) is 31.4. The van der Waals surface area contributed by atoms with Gasteiger partial charge in [0.25, 0.3) is 0 Å². The quantitative estimate of drug-likeness (QED) is 0.437. The van der Waals surface area contributed by atoms with Gasteiger partial charge in [-0.25, -0.2) is 0 Å². The molecule has 176 valence electrons. The molecular formula is C30H50O. The van der Waals surface area contributed by atoms with Crippen LogP contribution in [0.1, 0.15) is 128 Å². The molecule has 0 radical (unpaired) electrons. The van der Waals surface area contributed by atoms with Crippen molar-refractivity contribution in [2.24, 2.45) is 47.3 Å². The minimum absolute atomic E-state index is 0.629. The first-order valence-corrected chi connectivity index (χ1v) is 15.0. The number of ether oxygens (including phenoxy) is 1. The summed E-state index contributed by atoms with van der Waals surface area (Å²) < 4.78 is 7.23. The lowest BCUT2D eigenvalue weighted by atomic mass is 9.68. The Morgan fingerprint density at radius 2 is 0.710 bits per heavy atom. The van der Waals surface area contributed by atoms with Crippen molar-refractivity contribution < 1.29 is 4.74 Å². The summed E-state index contributed by atoms with van der Waals surface area (Å²) in [6, 6.07) is 0. The third kappa shape index (κ3) is 4.28. The van der Waals surface area contributed by atoms with Gasteiger partial charge in [-0.3, -0.25) is 0 Å². The first-order chi connectivity index (χ1) is 15.4. The number of hydrogen-bond donors (Lipinski definition) is 0. The van der Waals surface area contributed by atoms with E-state index in [-0.39, 0.29) is 0 Å². The van der Waals surface area contributed by atoms with Crippen LogP contribution in [0, 0.1) is 47.3 Å². The van der Waals surface area contributed by atoms with E-state index in [0.29, 0.717) is 12.2 Å². The largest absolute Gasteiger partial charge is 0.374 e. The minimum Gasteiger partial charge on any atom is -0.374 e. The summed E-state index contributed by atoms with van der Waals surface area (Å²) >= 11 is 0. The zero-order valence-corrected chi connectivity index (χ0v) is 20.3. The predicted octanol–water partition coefficient (Wildman–Crippen LogP) is 8.55. The maximum Gasteiger partial charge on any atom is 0.0609 e. The van der Waals surface area contributed by atoms with Crippen LogP contribution in [0.15, 0.2) is 0 Å². The molecule has 8 unspecified atom stereocenters. The highest BCUT2D eigenvalue weighted by atomic mass is 16.5. The van der Waals surface area contributed by atoms with Crippen LogP contribution in [0.3, 0.4) is 0 Å². The van der Waals surface area contributed by atoms with Crippen LogP contribution >= 0.6 is 0 Å². The molecule has 0 saturated heterocycles. The average molecular weight is 427 g/mol. The highest BCUT2D eigenvalue weighted by molar-refractivity contribution is 4.98. The van der Waals surface area contributed by atoms with Crippen molar-refractivity contribution >= 4 is 0 Å². The summed E-state index contributed by atoms with van der Waals surface area (Å²) in [5.41, 5.74) is 0. The van der Waals surface area contributed by atoms with Crippen molar-refractivity contribution in [2.45, 2.75) is 141 Å². The van der Waals surface area contributed by atoms with Gasteiger partial charge in [0.05, 0.1) is 12.2 Å². The van der Waals surface area contributed by atoms with E-state index in [9.17, 15) is 0 Å². The summed E-state index contributed by atoms with van der Waals surface area (Å²) in [5.74, 6) is 8.20. The maximum absolute atomic E-state index is 7.23. The highest BCUT2D eigenvalue weighted by Gasteiger charge is 2.49. The molecule has 31 heavy (non-hydrogen) atoms. The molecule has 0 aromatic carbocycles. The second kappa shape index (κ2) is 9.68. The lowest BCUT2D eigenvalue weighted by Gasteiger charge is -2.44. The first kappa shape index (κ1) is 21.5. The molecule has 6 aliphatic carbocycles. The molecule has 0 N–H and O–H groups in total. The van der Waals surface area contributed by atoms with Crippen LogP contribution in [0.2, 0.25) is 0 Å². The van der Waals surface area contributed by atoms with E-state index in [0.717, 1.165) is 47.3 Å². The topological polar surface area (TPSA) is 9.23 Å². The van der Waals surface area contributed by atoms with Gasteiger partial charge in [-0.15, -0.1) is 0 Å². The second-order valence-electron chi connectivity index (χ2n) is 13.0. The number of rotatable bonds is 4. The maximum atomic E-state index is 7.23. The molecule has 6 rings (SSSR count). The molecule has 0 aromatic heterocycles. The number of hydrogen-bond acceptors (Lipinski definition) is 1. The Morgan fingerprint density at radius 1 is 0.290 bits per heavy atom. The molecule has 8 atom stereocenters. The minimum atomic E-state index is 0.629. The lowest BCUT2D eigenvalue weighted by Crippen LogP contribution is -2.42. The van der Waals surface area contributed by atoms with Crippen molar-refractivity contribution in [3.8, 4) is 0 Å². The molecule has 1 heteroatoms. The molecule has 0 aromatic rings. The van der Waals surface area contributed by atoms with Crippen LogP contribution in [-0.4, -0.2) is 12.2 Å². The Morgan fingerprint density at radius 3 is 1.16 bits per heavy atom. The van der Waals surface area contributed by atoms with Gasteiger partial charge in [0.2, 0.25) is 0 Å². The predicted molar refractivity (Wildman–Crippen MR) is 129 cm³/mol. The van der Waals surface area contributed by atoms with Gasteiger partial charge >= 0.3 is 0 Å². The smallest absolute Gasteiger partial charge is 0.0609 e. The molecule has 0 heterocycles. The monoisotopic (exact) mass is 426 g/mol. The van der Waals surface area contributed by atoms with E-state index in [2.05, 4.69) is 0 Å². The Kier molecular flexibility index (Phi) is 6.71. The Hall–Kier alpha value is -0.0400. The van der Waals surface area contributed by atoms with E-state index in [4.69, 9.17) is 4.74 Å². The van der Waals surface area contributed by atoms with Gasteiger partial charge in [0.15, 0.2) is 0 Å². The van der Waals surface area contributed by atoms with E-state index in [1.54, 1.807) is 38.5 Å². The Bertz CT molecular complexity index is 523. The van der Waals surface area contributed by atoms with Crippen molar-refractivity contribution in [3.05, 3.63) is 0 Å². The van der Waals surface area contributed by atoms with E-state index >= 15 is 0 Å². The van der Waals surface area contributed by atoms with Gasteiger partial charge in [-0.2, -0.15) is 0 Å². The van der Waals surface area contributed by atoms with Crippen LogP contribution in [0.25, 0.3) is 0 Å². The first-order valence-electron chi connectivity index (χ1n) is 15.0. The molecule has 0 bridgehead atoms. The van der Waals surface area contributed by atoms with Gasteiger partial charge in [-0.05, 0) is 98.7 Å². The van der Waals surface area contributed by atoms with Gasteiger partial charge in [0.1, 0.15) is 0 Å². The van der Waals surface area contributed by atoms with Gasteiger partial charge < -0.3 is 4.74 Å². The van der Waals surface area contributed by atoms with Crippen molar-refractivity contribution in [1.29, 1.82) is 0 Å². The molecule has 6 fully saturated rings.